The number of aliphatic hydroxyl groups is 1. The summed E-state index contributed by atoms with van der Waals surface area (Å²) >= 11 is 0. The average molecular weight is 288 g/mol. The standard InChI is InChI=1S/C17H24N2O2/c1-17(2,21)15-8-5-11-19(15)16(20)18-14-10-9-12-6-3-4-7-13(12)14/h3-4,6-7,14-15,21H,5,8-11H2,1-2H3,(H,18,20)/t14-,15+/m0/s1. The minimum absolute atomic E-state index is 0.0404. The number of amides is 2. The van der Waals surface area contributed by atoms with Gasteiger partial charge in [-0.3, -0.25) is 0 Å². The lowest BCUT2D eigenvalue weighted by molar-refractivity contribution is 0.00945. The minimum Gasteiger partial charge on any atom is -0.388 e. The third-order valence-corrected chi connectivity index (χ3v) is 4.76. The van der Waals surface area contributed by atoms with Gasteiger partial charge >= 0.3 is 6.03 Å². The first-order valence-electron chi connectivity index (χ1n) is 7.84. The van der Waals surface area contributed by atoms with E-state index in [4.69, 9.17) is 0 Å². The number of nitrogens with one attached hydrogen (secondary N) is 1. The topological polar surface area (TPSA) is 52.6 Å². The van der Waals surface area contributed by atoms with Crippen LogP contribution < -0.4 is 5.32 Å². The lowest BCUT2D eigenvalue weighted by atomic mass is 9.97. The molecule has 21 heavy (non-hydrogen) atoms. The molecule has 2 amide bonds. The van der Waals surface area contributed by atoms with Gasteiger partial charge < -0.3 is 15.3 Å². The van der Waals surface area contributed by atoms with Gasteiger partial charge in [-0.25, -0.2) is 4.79 Å². The first-order valence-corrected chi connectivity index (χ1v) is 7.84. The van der Waals surface area contributed by atoms with E-state index in [1.54, 1.807) is 18.7 Å². The summed E-state index contributed by atoms with van der Waals surface area (Å²) in [6.45, 7) is 4.30. The zero-order chi connectivity index (χ0) is 15.0. The van der Waals surface area contributed by atoms with Crippen LogP contribution in [0.25, 0.3) is 0 Å². The van der Waals surface area contributed by atoms with Crippen LogP contribution in [0.15, 0.2) is 24.3 Å². The van der Waals surface area contributed by atoms with Gasteiger partial charge in [-0.2, -0.15) is 0 Å². The molecule has 1 aromatic carbocycles. The third-order valence-electron chi connectivity index (χ3n) is 4.76. The Labute approximate surface area is 126 Å². The SMILES string of the molecule is CC(C)(O)[C@H]1CCCN1C(=O)N[C@H]1CCc2ccccc21. The number of rotatable bonds is 2. The minimum atomic E-state index is -0.846. The monoisotopic (exact) mass is 288 g/mol. The molecular weight excluding hydrogens is 264 g/mol. The second kappa shape index (κ2) is 5.34. The van der Waals surface area contributed by atoms with Crippen LogP contribution in [0, 0.1) is 0 Å². The number of urea groups is 1. The van der Waals surface area contributed by atoms with Gasteiger partial charge in [-0.15, -0.1) is 0 Å². The fraction of sp³-hybridized carbons (Fsp3) is 0.588. The van der Waals surface area contributed by atoms with Gasteiger partial charge in [0, 0.05) is 6.54 Å². The molecule has 0 unspecified atom stereocenters. The van der Waals surface area contributed by atoms with Crippen molar-refractivity contribution in [3.05, 3.63) is 35.4 Å². The van der Waals surface area contributed by atoms with Crippen LogP contribution in [0.2, 0.25) is 0 Å². The molecule has 0 bridgehead atoms. The molecule has 4 heteroatoms. The molecule has 0 spiro atoms. The summed E-state index contributed by atoms with van der Waals surface area (Å²) in [6.07, 6.45) is 3.82. The maximum Gasteiger partial charge on any atom is 0.318 e. The summed E-state index contributed by atoms with van der Waals surface area (Å²) in [5, 5.41) is 13.4. The van der Waals surface area contributed by atoms with Crippen molar-refractivity contribution < 1.29 is 9.90 Å². The molecule has 1 aromatic rings. The van der Waals surface area contributed by atoms with E-state index < -0.39 is 5.60 Å². The Morgan fingerprint density at radius 3 is 2.86 bits per heavy atom. The molecule has 1 saturated heterocycles. The van der Waals surface area contributed by atoms with Gasteiger partial charge in [0.25, 0.3) is 0 Å². The van der Waals surface area contributed by atoms with Gasteiger partial charge in [-0.05, 0) is 50.7 Å². The summed E-state index contributed by atoms with van der Waals surface area (Å²) in [6, 6.07) is 8.29. The molecule has 2 N–H and O–H groups in total. The lowest BCUT2D eigenvalue weighted by Crippen LogP contribution is -2.51. The van der Waals surface area contributed by atoms with Crippen molar-refractivity contribution in [2.45, 2.75) is 57.2 Å². The maximum atomic E-state index is 12.6. The molecule has 0 saturated carbocycles. The number of carbonyl (C=O) groups excluding carboxylic acids is 1. The van der Waals surface area contributed by atoms with Crippen LogP contribution in [0.3, 0.4) is 0 Å². The van der Waals surface area contributed by atoms with Gasteiger partial charge in [0.05, 0.1) is 17.7 Å². The van der Waals surface area contributed by atoms with E-state index >= 15 is 0 Å². The van der Waals surface area contributed by atoms with E-state index in [1.165, 1.54) is 11.1 Å². The molecule has 2 atom stereocenters. The Kier molecular flexibility index (Phi) is 3.66. The Morgan fingerprint density at radius 1 is 1.33 bits per heavy atom. The summed E-state index contributed by atoms with van der Waals surface area (Å²) in [5.74, 6) is 0. The second-order valence-corrected chi connectivity index (χ2v) is 6.74. The number of benzene rings is 1. The van der Waals surface area contributed by atoms with E-state index in [0.717, 1.165) is 32.2 Å². The van der Waals surface area contributed by atoms with Crippen molar-refractivity contribution in [3.8, 4) is 0 Å². The van der Waals surface area contributed by atoms with Crippen molar-refractivity contribution in [3.63, 3.8) is 0 Å². The lowest BCUT2D eigenvalue weighted by Gasteiger charge is -2.34. The first kappa shape index (κ1) is 14.4. The summed E-state index contributed by atoms with van der Waals surface area (Å²) in [5.41, 5.74) is 1.73. The average Bonchev–Trinajstić information content (AvgIpc) is 3.05. The van der Waals surface area contributed by atoms with Crippen LogP contribution in [0.5, 0.6) is 0 Å². The zero-order valence-electron chi connectivity index (χ0n) is 12.8. The molecule has 114 valence electrons. The number of likely N-dealkylation sites (tertiary alicyclic amines) is 1. The molecule has 4 nitrogen and oxygen atoms in total. The Balaban J connectivity index is 1.70. The largest absolute Gasteiger partial charge is 0.388 e. The number of fused-ring (bicyclic) bond motifs is 1. The number of aryl methyl sites for hydroxylation is 1. The number of hydrogen-bond donors (Lipinski definition) is 2. The molecule has 0 aromatic heterocycles. The Hall–Kier alpha value is -1.55. The van der Waals surface area contributed by atoms with Crippen molar-refractivity contribution in [1.82, 2.24) is 10.2 Å². The van der Waals surface area contributed by atoms with Crippen molar-refractivity contribution in [1.29, 1.82) is 0 Å². The van der Waals surface area contributed by atoms with Gasteiger partial charge in [0.1, 0.15) is 0 Å². The zero-order valence-corrected chi connectivity index (χ0v) is 12.8. The van der Waals surface area contributed by atoms with Gasteiger partial charge in [0.2, 0.25) is 0 Å². The molecule has 1 heterocycles. The number of carbonyl (C=O) groups is 1. The number of hydrogen-bond acceptors (Lipinski definition) is 2. The van der Waals surface area contributed by atoms with Crippen molar-refractivity contribution in [2.24, 2.45) is 0 Å². The van der Waals surface area contributed by atoms with E-state index in [9.17, 15) is 9.90 Å². The molecule has 1 fully saturated rings. The van der Waals surface area contributed by atoms with E-state index in [2.05, 4.69) is 17.4 Å². The fourth-order valence-electron chi connectivity index (χ4n) is 3.68. The highest BCUT2D eigenvalue weighted by Gasteiger charge is 2.39. The van der Waals surface area contributed by atoms with Crippen molar-refractivity contribution in [2.75, 3.05) is 6.54 Å². The van der Waals surface area contributed by atoms with Crippen LogP contribution >= 0.6 is 0 Å². The molecule has 1 aliphatic carbocycles. The highest BCUT2D eigenvalue weighted by Crippen LogP contribution is 2.32. The second-order valence-electron chi connectivity index (χ2n) is 6.74. The molecule has 1 aliphatic heterocycles. The highest BCUT2D eigenvalue weighted by molar-refractivity contribution is 5.75. The van der Waals surface area contributed by atoms with Gasteiger partial charge in [-0.1, -0.05) is 24.3 Å². The van der Waals surface area contributed by atoms with E-state index in [1.807, 2.05) is 12.1 Å². The summed E-state index contributed by atoms with van der Waals surface area (Å²) in [7, 11) is 0. The van der Waals surface area contributed by atoms with Gasteiger partial charge in [0.15, 0.2) is 0 Å². The highest BCUT2D eigenvalue weighted by atomic mass is 16.3. The Bertz CT molecular complexity index is 536. The van der Waals surface area contributed by atoms with Crippen LogP contribution in [0.1, 0.15) is 50.3 Å². The molecule has 2 aliphatic rings. The molecule has 0 radical (unpaired) electrons. The molecular formula is C17H24N2O2. The fourth-order valence-corrected chi connectivity index (χ4v) is 3.68. The first-order chi connectivity index (χ1) is 9.97. The van der Waals surface area contributed by atoms with E-state index in [-0.39, 0.29) is 18.1 Å². The predicted molar refractivity (Wildman–Crippen MR) is 82.1 cm³/mol. The van der Waals surface area contributed by atoms with Crippen molar-refractivity contribution >= 4 is 6.03 Å². The third kappa shape index (κ3) is 2.77. The smallest absolute Gasteiger partial charge is 0.318 e. The Morgan fingerprint density at radius 2 is 2.10 bits per heavy atom. The maximum absolute atomic E-state index is 12.6. The van der Waals surface area contributed by atoms with Crippen LogP contribution in [-0.2, 0) is 6.42 Å². The van der Waals surface area contributed by atoms with E-state index in [0.29, 0.717) is 0 Å². The van der Waals surface area contributed by atoms with Crippen LogP contribution in [-0.4, -0.2) is 34.2 Å². The number of nitrogens with zero attached hydrogens (tertiary/aromatic N) is 1. The molecule has 3 rings (SSSR count). The van der Waals surface area contributed by atoms with Crippen LogP contribution in [0.4, 0.5) is 4.79 Å². The predicted octanol–water partition coefficient (Wildman–Crippen LogP) is 2.62. The normalized spacial score (nSPS) is 25.0. The quantitative estimate of drug-likeness (QED) is 0.879. The summed E-state index contributed by atoms with van der Waals surface area (Å²) in [4.78, 5) is 14.4. The summed E-state index contributed by atoms with van der Waals surface area (Å²) < 4.78 is 0.